The average molecular weight is 335 g/mol. The van der Waals surface area contributed by atoms with Gasteiger partial charge in [-0.15, -0.1) is 0 Å². The molecular formula is C17H25N3O2S. The predicted molar refractivity (Wildman–Crippen MR) is 92.2 cm³/mol. The van der Waals surface area contributed by atoms with Gasteiger partial charge in [0.1, 0.15) is 0 Å². The molecule has 1 heterocycles. The lowest BCUT2D eigenvalue weighted by atomic mass is 10.1. The molecule has 0 saturated carbocycles. The van der Waals surface area contributed by atoms with Crippen molar-refractivity contribution in [3.63, 3.8) is 0 Å². The third-order valence-corrected chi connectivity index (χ3v) is 5.74. The molecule has 1 N–H and O–H groups in total. The summed E-state index contributed by atoms with van der Waals surface area (Å²) in [5.41, 5.74) is 5.02. The molecule has 5 nitrogen and oxygen atoms in total. The molecule has 0 fully saturated rings. The van der Waals surface area contributed by atoms with Gasteiger partial charge in [-0.1, -0.05) is 17.7 Å². The Hall–Kier alpha value is -1.66. The van der Waals surface area contributed by atoms with Gasteiger partial charge in [-0.25, -0.2) is 13.1 Å². The number of benzene rings is 1. The number of rotatable bonds is 6. The largest absolute Gasteiger partial charge is 0.270 e. The highest BCUT2D eigenvalue weighted by molar-refractivity contribution is 7.89. The van der Waals surface area contributed by atoms with Gasteiger partial charge >= 0.3 is 0 Å². The Morgan fingerprint density at radius 1 is 1.17 bits per heavy atom. The van der Waals surface area contributed by atoms with Crippen molar-refractivity contribution in [3.05, 3.63) is 46.3 Å². The zero-order valence-corrected chi connectivity index (χ0v) is 15.3. The monoisotopic (exact) mass is 335 g/mol. The summed E-state index contributed by atoms with van der Waals surface area (Å²) < 4.78 is 29.6. The van der Waals surface area contributed by atoms with Crippen molar-refractivity contribution in [2.24, 2.45) is 0 Å². The van der Waals surface area contributed by atoms with E-state index in [2.05, 4.69) is 9.82 Å². The third-order valence-electron chi connectivity index (χ3n) is 4.12. The van der Waals surface area contributed by atoms with Crippen LogP contribution in [0, 0.1) is 27.7 Å². The SMILES string of the molecule is CCn1nc(C)c(CCNS(=O)(=O)c2ccc(C)cc2C)c1C. The van der Waals surface area contributed by atoms with E-state index in [-0.39, 0.29) is 0 Å². The van der Waals surface area contributed by atoms with Crippen LogP contribution < -0.4 is 4.72 Å². The highest BCUT2D eigenvalue weighted by atomic mass is 32.2. The predicted octanol–water partition coefficient (Wildman–Crippen LogP) is 2.66. The quantitative estimate of drug-likeness (QED) is 0.883. The lowest BCUT2D eigenvalue weighted by molar-refractivity contribution is 0.580. The summed E-state index contributed by atoms with van der Waals surface area (Å²) in [4.78, 5) is 0.348. The van der Waals surface area contributed by atoms with Gasteiger partial charge in [-0.3, -0.25) is 4.68 Å². The summed E-state index contributed by atoms with van der Waals surface area (Å²) in [6.07, 6.45) is 0.641. The first-order valence-corrected chi connectivity index (χ1v) is 9.34. The number of aryl methyl sites for hydroxylation is 4. The summed E-state index contributed by atoms with van der Waals surface area (Å²) in [6.45, 7) is 11.0. The Balaban J connectivity index is 2.10. The Kier molecular flexibility index (Phi) is 5.26. The first kappa shape index (κ1) is 17.7. The van der Waals surface area contributed by atoms with Crippen molar-refractivity contribution >= 4 is 10.0 Å². The number of nitrogens with zero attached hydrogens (tertiary/aromatic N) is 2. The van der Waals surface area contributed by atoms with E-state index in [9.17, 15) is 8.42 Å². The number of nitrogens with one attached hydrogen (secondary N) is 1. The van der Waals surface area contributed by atoms with Gasteiger partial charge in [0, 0.05) is 18.8 Å². The molecule has 0 saturated heterocycles. The molecule has 0 spiro atoms. The van der Waals surface area contributed by atoms with E-state index in [0.717, 1.165) is 34.6 Å². The molecule has 0 aliphatic rings. The summed E-state index contributed by atoms with van der Waals surface area (Å²) in [5.74, 6) is 0. The second-order valence-corrected chi connectivity index (χ2v) is 7.62. The number of sulfonamides is 1. The smallest absolute Gasteiger partial charge is 0.240 e. The van der Waals surface area contributed by atoms with Crippen LogP contribution in [-0.2, 0) is 23.0 Å². The van der Waals surface area contributed by atoms with E-state index in [4.69, 9.17) is 0 Å². The van der Waals surface area contributed by atoms with Gasteiger partial charge < -0.3 is 0 Å². The van der Waals surface area contributed by atoms with Crippen LogP contribution in [0.3, 0.4) is 0 Å². The van der Waals surface area contributed by atoms with Gasteiger partial charge in [0.2, 0.25) is 10.0 Å². The van der Waals surface area contributed by atoms with Gasteiger partial charge in [0.15, 0.2) is 0 Å². The lowest BCUT2D eigenvalue weighted by Gasteiger charge is -2.10. The van der Waals surface area contributed by atoms with Crippen molar-refractivity contribution in [1.82, 2.24) is 14.5 Å². The second kappa shape index (κ2) is 6.84. The molecule has 0 aliphatic carbocycles. The minimum atomic E-state index is -3.48. The number of aromatic nitrogens is 2. The fraction of sp³-hybridized carbons (Fsp3) is 0.471. The maximum atomic E-state index is 12.5. The molecule has 1 aromatic carbocycles. The second-order valence-electron chi connectivity index (χ2n) is 5.88. The summed E-state index contributed by atoms with van der Waals surface area (Å²) in [7, 11) is -3.48. The molecule has 126 valence electrons. The van der Waals surface area contributed by atoms with E-state index in [0.29, 0.717) is 17.9 Å². The number of hydrogen-bond acceptors (Lipinski definition) is 3. The molecule has 1 aromatic heterocycles. The van der Waals surface area contributed by atoms with Crippen molar-refractivity contribution in [1.29, 1.82) is 0 Å². The Labute approximate surface area is 138 Å². The average Bonchev–Trinajstić information content (AvgIpc) is 2.74. The Morgan fingerprint density at radius 2 is 1.87 bits per heavy atom. The van der Waals surface area contributed by atoms with Gasteiger partial charge in [-0.2, -0.15) is 5.10 Å². The van der Waals surface area contributed by atoms with Crippen LogP contribution in [0.1, 0.15) is 35.0 Å². The molecule has 6 heteroatoms. The molecule has 0 radical (unpaired) electrons. The first-order chi connectivity index (χ1) is 10.8. The molecule has 0 unspecified atom stereocenters. The molecular weight excluding hydrogens is 310 g/mol. The van der Waals surface area contributed by atoms with Gasteiger partial charge in [0.05, 0.1) is 10.6 Å². The Morgan fingerprint density at radius 3 is 2.43 bits per heavy atom. The maximum Gasteiger partial charge on any atom is 0.240 e. The molecule has 0 bridgehead atoms. The van der Waals surface area contributed by atoms with Crippen LogP contribution in [0.25, 0.3) is 0 Å². The summed E-state index contributed by atoms with van der Waals surface area (Å²) in [5, 5.41) is 4.47. The van der Waals surface area contributed by atoms with Gasteiger partial charge in [-0.05, 0) is 58.2 Å². The summed E-state index contributed by atoms with van der Waals surface area (Å²) >= 11 is 0. The summed E-state index contributed by atoms with van der Waals surface area (Å²) in [6, 6.07) is 5.37. The third kappa shape index (κ3) is 3.82. The maximum absolute atomic E-state index is 12.5. The van der Waals surface area contributed by atoms with Crippen molar-refractivity contribution < 1.29 is 8.42 Å². The first-order valence-electron chi connectivity index (χ1n) is 7.86. The fourth-order valence-corrected chi connectivity index (χ4v) is 4.15. The molecule has 0 amide bonds. The van der Waals surface area contributed by atoms with Crippen molar-refractivity contribution in [2.45, 2.75) is 52.5 Å². The minimum absolute atomic E-state index is 0.348. The fourth-order valence-electron chi connectivity index (χ4n) is 2.89. The van der Waals surface area contributed by atoms with Crippen LogP contribution in [-0.4, -0.2) is 24.7 Å². The molecule has 0 atom stereocenters. The van der Waals surface area contributed by atoms with Crippen molar-refractivity contribution in [3.8, 4) is 0 Å². The molecule has 2 rings (SSSR count). The van der Waals surface area contributed by atoms with E-state index in [1.54, 1.807) is 6.07 Å². The lowest BCUT2D eigenvalue weighted by Crippen LogP contribution is -2.27. The normalized spacial score (nSPS) is 11.9. The molecule has 2 aromatic rings. The van der Waals surface area contributed by atoms with Crippen LogP contribution >= 0.6 is 0 Å². The van der Waals surface area contributed by atoms with E-state index in [1.807, 2.05) is 51.4 Å². The van der Waals surface area contributed by atoms with Crippen LogP contribution in [0.15, 0.2) is 23.1 Å². The number of hydrogen-bond donors (Lipinski definition) is 1. The van der Waals surface area contributed by atoms with E-state index in [1.165, 1.54) is 0 Å². The van der Waals surface area contributed by atoms with Crippen LogP contribution in [0.5, 0.6) is 0 Å². The van der Waals surface area contributed by atoms with Crippen LogP contribution in [0.4, 0.5) is 0 Å². The van der Waals surface area contributed by atoms with Crippen LogP contribution in [0.2, 0.25) is 0 Å². The highest BCUT2D eigenvalue weighted by Gasteiger charge is 2.17. The van der Waals surface area contributed by atoms with Gasteiger partial charge in [0.25, 0.3) is 0 Å². The molecule has 0 aliphatic heterocycles. The standard InChI is InChI=1S/C17H25N3O2S/c1-6-20-15(5)16(14(4)19-20)9-10-18-23(21,22)17-8-7-12(2)11-13(17)3/h7-8,11,18H,6,9-10H2,1-5H3. The minimum Gasteiger partial charge on any atom is -0.270 e. The molecule has 23 heavy (non-hydrogen) atoms. The van der Waals surface area contributed by atoms with E-state index < -0.39 is 10.0 Å². The zero-order valence-electron chi connectivity index (χ0n) is 14.5. The highest BCUT2D eigenvalue weighted by Crippen LogP contribution is 2.17. The van der Waals surface area contributed by atoms with E-state index >= 15 is 0 Å². The topological polar surface area (TPSA) is 64.0 Å². The Bertz CT molecular complexity index is 807. The zero-order chi connectivity index (χ0) is 17.2. The van der Waals surface area contributed by atoms with Crippen molar-refractivity contribution in [2.75, 3.05) is 6.54 Å².